The van der Waals surface area contributed by atoms with Crippen molar-refractivity contribution in [2.24, 2.45) is 0 Å². The van der Waals surface area contributed by atoms with Crippen LogP contribution in [0.3, 0.4) is 0 Å². The molecule has 0 N–H and O–H groups in total. The van der Waals surface area contributed by atoms with E-state index in [4.69, 9.17) is 14.5 Å². The van der Waals surface area contributed by atoms with Crippen LogP contribution in [0.25, 0.3) is 22.3 Å². The van der Waals surface area contributed by atoms with Crippen molar-refractivity contribution in [3.8, 4) is 17.1 Å². The average molecular weight is 463 g/mol. The summed E-state index contributed by atoms with van der Waals surface area (Å²) in [5, 5.41) is 0. The number of fused-ring (bicyclic) bond motifs is 3. The molecule has 176 valence electrons. The predicted octanol–water partition coefficient (Wildman–Crippen LogP) is 3.30. The summed E-state index contributed by atoms with van der Waals surface area (Å²) in [7, 11) is 4.75. The smallest absolute Gasteiger partial charge is 0.409 e. The molecule has 1 saturated heterocycles. The molecule has 5 rings (SSSR count). The first-order valence-corrected chi connectivity index (χ1v) is 11.2. The minimum Gasteiger partial charge on any atom is -0.481 e. The van der Waals surface area contributed by atoms with E-state index < -0.39 is 0 Å². The summed E-state index contributed by atoms with van der Waals surface area (Å²) in [6.45, 7) is 1.52. The van der Waals surface area contributed by atoms with Crippen molar-refractivity contribution >= 4 is 28.8 Å². The lowest BCUT2D eigenvalue weighted by Crippen LogP contribution is -2.54. The molecule has 34 heavy (non-hydrogen) atoms. The van der Waals surface area contributed by atoms with E-state index in [0.29, 0.717) is 43.9 Å². The number of amides is 3. The highest BCUT2D eigenvalue weighted by atomic mass is 16.5. The van der Waals surface area contributed by atoms with E-state index in [1.807, 2.05) is 29.3 Å². The number of carbonyl (C=O) groups excluding carboxylic acids is 2. The normalized spacial score (nSPS) is 16.6. The maximum Gasteiger partial charge on any atom is 0.409 e. The van der Waals surface area contributed by atoms with Gasteiger partial charge in [0.1, 0.15) is 5.52 Å². The van der Waals surface area contributed by atoms with Crippen LogP contribution in [0.15, 0.2) is 36.7 Å². The molecule has 2 aliphatic heterocycles. The molecular weight excluding hydrogens is 436 g/mol. The molecule has 0 saturated carbocycles. The van der Waals surface area contributed by atoms with Gasteiger partial charge in [-0.1, -0.05) is 0 Å². The lowest BCUT2D eigenvalue weighted by molar-refractivity contribution is 0.111. The molecule has 0 atom stereocenters. The molecule has 10 heteroatoms. The zero-order valence-corrected chi connectivity index (χ0v) is 19.4. The second kappa shape index (κ2) is 8.77. The zero-order chi connectivity index (χ0) is 23.8. The van der Waals surface area contributed by atoms with Crippen LogP contribution < -0.4 is 9.64 Å². The average Bonchev–Trinajstić information content (AvgIpc) is 2.89. The van der Waals surface area contributed by atoms with Crippen LogP contribution >= 0.6 is 0 Å². The Balaban J connectivity index is 1.57. The highest BCUT2D eigenvalue weighted by molar-refractivity contribution is 6.04. The monoisotopic (exact) mass is 462 g/mol. The van der Waals surface area contributed by atoms with Crippen LogP contribution in [0.5, 0.6) is 5.88 Å². The summed E-state index contributed by atoms with van der Waals surface area (Å²) < 4.78 is 10.0. The minimum absolute atomic E-state index is 0.0615. The van der Waals surface area contributed by atoms with Crippen LogP contribution in [0.1, 0.15) is 18.4 Å². The number of urea groups is 1. The standard InChI is InChI=1S/C24H26N6O4/c1-28-14-16-13-25-19-6-5-18(15-4-7-20(33-2)26-12-15)27-21(19)22(16)30(23(28)31)17-8-10-29(11-9-17)24(32)34-3/h4-7,12-13,17H,8-11,14H2,1-3H3. The number of pyridine rings is 3. The molecule has 0 unspecified atom stereocenters. The van der Waals surface area contributed by atoms with Gasteiger partial charge in [0.2, 0.25) is 5.88 Å². The summed E-state index contributed by atoms with van der Waals surface area (Å²) in [4.78, 5) is 44.4. The summed E-state index contributed by atoms with van der Waals surface area (Å²) in [6.07, 6.45) is 4.51. The number of hydrogen-bond acceptors (Lipinski definition) is 7. The number of ether oxygens (including phenoxy) is 2. The highest BCUT2D eigenvalue weighted by Crippen LogP contribution is 2.37. The number of aromatic nitrogens is 3. The van der Waals surface area contributed by atoms with Crippen molar-refractivity contribution in [3.05, 3.63) is 42.2 Å². The maximum atomic E-state index is 13.4. The molecule has 0 spiro atoms. The Morgan fingerprint density at radius 2 is 1.85 bits per heavy atom. The first kappa shape index (κ1) is 21.9. The molecule has 0 aromatic carbocycles. The molecule has 3 aromatic heterocycles. The van der Waals surface area contributed by atoms with E-state index in [0.717, 1.165) is 28.0 Å². The highest BCUT2D eigenvalue weighted by Gasteiger charge is 2.38. The van der Waals surface area contributed by atoms with E-state index in [-0.39, 0.29) is 18.2 Å². The Morgan fingerprint density at radius 1 is 1.06 bits per heavy atom. The van der Waals surface area contributed by atoms with E-state index in [1.54, 1.807) is 36.2 Å². The van der Waals surface area contributed by atoms with Crippen LogP contribution in [-0.2, 0) is 11.3 Å². The second-order valence-corrected chi connectivity index (χ2v) is 8.48. The van der Waals surface area contributed by atoms with Crippen molar-refractivity contribution < 1.29 is 19.1 Å². The number of rotatable bonds is 3. The number of nitrogens with zero attached hydrogens (tertiary/aromatic N) is 6. The second-order valence-electron chi connectivity index (χ2n) is 8.48. The number of anilines is 1. The van der Waals surface area contributed by atoms with Gasteiger partial charge in [0.15, 0.2) is 0 Å². The Kier molecular flexibility index (Phi) is 5.64. The molecule has 0 bridgehead atoms. The van der Waals surface area contributed by atoms with Gasteiger partial charge < -0.3 is 19.3 Å². The SMILES string of the molecule is COC(=O)N1CCC(N2C(=O)N(C)Cc3cnc4ccc(-c5ccc(OC)nc5)nc4c32)CC1. The molecule has 5 heterocycles. The van der Waals surface area contributed by atoms with Gasteiger partial charge in [-0.3, -0.25) is 9.88 Å². The van der Waals surface area contributed by atoms with Crippen molar-refractivity contribution in [3.63, 3.8) is 0 Å². The van der Waals surface area contributed by atoms with Crippen LogP contribution in [0, 0.1) is 0 Å². The van der Waals surface area contributed by atoms with Gasteiger partial charge in [0.05, 0.1) is 37.7 Å². The third kappa shape index (κ3) is 3.74. The topological polar surface area (TPSA) is 101 Å². The lowest BCUT2D eigenvalue weighted by atomic mass is 9.99. The summed E-state index contributed by atoms with van der Waals surface area (Å²) >= 11 is 0. The first-order valence-electron chi connectivity index (χ1n) is 11.2. The van der Waals surface area contributed by atoms with Crippen molar-refractivity contribution in [2.45, 2.75) is 25.4 Å². The third-order valence-corrected chi connectivity index (χ3v) is 6.45. The Morgan fingerprint density at radius 3 is 2.53 bits per heavy atom. The van der Waals surface area contributed by atoms with E-state index in [2.05, 4.69) is 9.97 Å². The largest absolute Gasteiger partial charge is 0.481 e. The molecule has 3 aromatic rings. The summed E-state index contributed by atoms with van der Waals surface area (Å²) in [5.74, 6) is 0.529. The van der Waals surface area contributed by atoms with E-state index in [9.17, 15) is 9.59 Å². The van der Waals surface area contributed by atoms with Crippen molar-refractivity contribution in [1.29, 1.82) is 0 Å². The van der Waals surface area contributed by atoms with Crippen molar-refractivity contribution in [2.75, 3.05) is 39.3 Å². The molecule has 1 fully saturated rings. The quantitative estimate of drug-likeness (QED) is 0.589. The fourth-order valence-electron chi connectivity index (χ4n) is 4.67. The minimum atomic E-state index is -0.338. The van der Waals surface area contributed by atoms with Gasteiger partial charge in [-0.15, -0.1) is 0 Å². The fourth-order valence-corrected chi connectivity index (χ4v) is 4.67. The lowest BCUT2D eigenvalue weighted by Gasteiger charge is -2.43. The predicted molar refractivity (Wildman–Crippen MR) is 126 cm³/mol. The van der Waals surface area contributed by atoms with E-state index in [1.165, 1.54) is 7.11 Å². The maximum absolute atomic E-state index is 13.4. The van der Waals surface area contributed by atoms with Gasteiger partial charge in [0, 0.05) is 55.8 Å². The third-order valence-electron chi connectivity index (χ3n) is 6.45. The number of carbonyl (C=O) groups is 2. The molecule has 3 amide bonds. The van der Waals surface area contributed by atoms with Gasteiger partial charge >= 0.3 is 12.1 Å². The Bertz CT molecular complexity index is 1240. The van der Waals surface area contributed by atoms with Gasteiger partial charge in [0.25, 0.3) is 0 Å². The fraction of sp³-hybridized carbons (Fsp3) is 0.375. The first-order chi connectivity index (χ1) is 16.5. The zero-order valence-electron chi connectivity index (χ0n) is 19.4. The molecule has 0 aliphatic carbocycles. The summed E-state index contributed by atoms with van der Waals surface area (Å²) in [5.41, 5.74) is 4.73. The van der Waals surface area contributed by atoms with E-state index >= 15 is 0 Å². The Hall–Kier alpha value is -3.95. The van der Waals surface area contributed by atoms with Crippen LogP contribution in [0.4, 0.5) is 15.3 Å². The van der Waals surface area contributed by atoms with Crippen LogP contribution in [0.2, 0.25) is 0 Å². The summed E-state index contributed by atoms with van der Waals surface area (Å²) in [6, 6.07) is 7.38. The number of likely N-dealkylation sites (tertiary alicyclic amines) is 1. The number of methoxy groups -OCH3 is 2. The molecule has 2 aliphatic rings. The van der Waals surface area contributed by atoms with Gasteiger partial charge in [-0.2, -0.15) is 0 Å². The molecular formula is C24H26N6O4. The Labute approximate surface area is 197 Å². The van der Waals surface area contributed by atoms with Crippen LogP contribution in [-0.4, -0.2) is 77.3 Å². The van der Waals surface area contributed by atoms with Gasteiger partial charge in [-0.25, -0.2) is 19.6 Å². The molecule has 10 nitrogen and oxygen atoms in total. The molecule has 0 radical (unpaired) electrons. The van der Waals surface area contributed by atoms with Crippen molar-refractivity contribution in [1.82, 2.24) is 24.8 Å². The number of piperidine rings is 1. The van der Waals surface area contributed by atoms with Gasteiger partial charge in [-0.05, 0) is 31.0 Å². The number of hydrogen-bond donors (Lipinski definition) is 0.